The van der Waals surface area contributed by atoms with Gasteiger partial charge in [-0.15, -0.1) is 0 Å². The van der Waals surface area contributed by atoms with Crippen molar-refractivity contribution in [3.05, 3.63) is 29.3 Å². The first-order valence-corrected chi connectivity index (χ1v) is 7.86. The topological polar surface area (TPSA) is 23.5 Å². The van der Waals surface area contributed by atoms with Crippen LogP contribution in [0.4, 0.5) is 0 Å². The highest BCUT2D eigenvalue weighted by molar-refractivity contribution is 5.44. The van der Waals surface area contributed by atoms with Crippen LogP contribution in [0.1, 0.15) is 56.1 Å². The molecule has 1 aliphatic carbocycles. The van der Waals surface area contributed by atoms with Gasteiger partial charge in [0.2, 0.25) is 0 Å². The quantitative estimate of drug-likeness (QED) is 0.895. The second-order valence-corrected chi connectivity index (χ2v) is 6.09. The maximum atomic E-state index is 10.0. The van der Waals surface area contributed by atoms with E-state index in [2.05, 4.69) is 17.9 Å². The predicted octanol–water partition coefficient (Wildman–Crippen LogP) is 3.69. The number of hydrogen-bond acceptors (Lipinski definition) is 2. The summed E-state index contributed by atoms with van der Waals surface area (Å²) in [5.74, 6) is 1.17. The van der Waals surface area contributed by atoms with Gasteiger partial charge in [0.05, 0.1) is 0 Å². The lowest BCUT2D eigenvalue weighted by molar-refractivity contribution is 0.110. The second kappa shape index (κ2) is 5.54. The number of aromatic hydroxyl groups is 1. The van der Waals surface area contributed by atoms with Gasteiger partial charge < -0.3 is 5.11 Å². The summed E-state index contributed by atoms with van der Waals surface area (Å²) in [4.78, 5) is 2.71. The fraction of sp³-hybridized carbons (Fsp3) is 0.647. The van der Waals surface area contributed by atoms with Crippen molar-refractivity contribution in [2.24, 2.45) is 0 Å². The normalized spacial score (nSPS) is 26.8. The fourth-order valence-electron chi connectivity index (χ4n) is 4.02. The molecule has 19 heavy (non-hydrogen) atoms. The van der Waals surface area contributed by atoms with E-state index in [1.807, 2.05) is 12.1 Å². The highest BCUT2D eigenvalue weighted by Crippen LogP contribution is 2.43. The van der Waals surface area contributed by atoms with Gasteiger partial charge in [-0.25, -0.2) is 0 Å². The Morgan fingerprint density at radius 2 is 2.21 bits per heavy atom. The average molecular weight is 259 g/mol. The van der Waals surface area contributed by atoms with Gasteiger partial charge in [0.1, 0.15) is 5.75 Å². The van der Waals surface area contributed by atoms with Gasteiger partial charge >= 0.3 is 0 Å². The van der Waals surface area contributed by atoms with Crippen LogP contribution in [0.3, 0.4) is 0 Å². The lowest BCUT2D eigenvalue weighted by Crippen LogP contribution is -2.46. The Hall–Kier alpha value is -1.02. The molecular formula is C17H25NO. The lowest BCUT2D eigenvalue weighted by atomic mass is 9.74. The van der Waals surface area contributed by atoms with E-state index in [9.17, 15) is 5.11 Å². The molecule has 2 nitrogen and oxygen atoms in total. The Kier molecular flexibility index (Phi) is 3.79. The molecule has 0 aromatic heterocycles. The number of piperidine rings is 1. The Morgan fingerprint density at radius 1 is 1.32 bits per heavy atom. The Morgan fingerprint density at radius 3 is 3.05 bits per heavy atom. The van der Waals surface area contributed by atoms with E-state index < -0.39 is 0 Å². The predicted molar refractivity (Wildman–Crippen MR) is 78.7 cm³/mol. The molecule has 1 N–H and O–H groups in total. The van der Waals surface area contributed by atoms with Crippen molar-refractivity contribution in [1.82, 2.24) is 4.90 Å². The lowest BCUT2D eigenvalue weighted by Gasteiger charge is -2.45. The largest absolute Gasteiger partial charge is 0.508 e. The minimum absolute atomic E-state index is 0.515. The third-order valence-electron chi connectivity index (χ3n) is 4.97. The number of phenolic OH excluding ortho intramolecular Hbond substituents is 1. The standard InChI is InChI=1S/C17H25NO/c1-2-3-11-18-12-5-7-14-13-6-4-8-17(19)15(13)9-10-16(14)18/h4,6,8,14,16,19H,2-3,5,7,9-12H2,1H3/t14-,16-/m0/s1. The average Bonchev–Trinajstić information content (AvgIpc) is 2.45. The van der Waals surface area contributed by atoms with Crippen molar-refractivity contribution < 1.29 is 5.11 Å². The van der Waals surface area contributed by atoms with E-state index in [1.54, 1.807) is 0 Å². The van der Waals surface area contributed by atoms with Gasteiger partial charge in [0.15, 0.2) is 0 Å². The number of nitrogens with zero attached hydrogens (tertiary/aromatic N) is 1. The number of unbranched alkanes of at least 4 members (excludes halogenated alkanes) is 1. The van der Waals surface area contributed by atoms with Crippen LogP contribution >= 0.6 is 0 Å². The number of likely N-dealkylation sites (tertiary alicyclic amines) is 1. The number of rotatable bonds is 3. The molecule has 1 aromatic rings. The summed E-state index contributed by atoms with van der Waals surface area (Å²) in [6.07, 6.45) is 7.47. The minimum Gasteiger partial charge on any atom is -0.508 e. The van der Waals surface area contributed by atoms with Gasteiger partial charge in [-0.05, 0) is 68.3 Å². The molecule has 0 bridgehead atoms. The SMILES string of the molecule is CCCCN1CCC[C@H]2c3cccc(O)c3CC[C@@H]21. The number of hydrogen-bond donors (Lipinski definition) is 1. The number of phenols is 1. The molecule has 0 saturated carbocycles. The first-order valence-electron chi connectivity index (χ1n) is 7.86. The third kappa shape index (κ3) is 2.38. The molecule has 2 aliphatic rings. The van der Waals surface area contributed by atoms with Crippen molar-refractivity contribution in [2.45, 2.75) is 57.4 Å². The van der Waals surface area contributed by atoms with Crippen molar-refractivity contribution >= 4 is 0 Å². The van der Waals surface area contributed by atoms with Gasteiger partial charge in [0, 0.05) is 6.04 Å². The highest BCUT2D eigenvalue weighted by Gasteiger charge is 2.36. The first kappa shape index (κ1) is 13.0. The molecule has 2 heteroatoms. The van der Waals surface area contributed by atoms with Gasteiger partial charge in [-0.2, -0.15) is 0 Å². The Bertz CT molecular complexity index is 443. The van der Waals surface area contributed by atoms with Crippen molar-refractivity contribution in [2.75, 3.05) is 13.1 Å². The number of fused-ring (bicyclic) bond motifs is 3. The zero-order valence-corrected chi connectivity index (χ0v) is 11.9. The van der Waals surface area contributed by atoms with E-state index >= 15 is 0 Å². The maximum absolute atomic E-state index is 10.0. The molecule has 1 aliphatic heterocycles. The molecule has 1 saturated heterocycles. The van der Waals surface area contributed by atoms with Gasteiger partial charge in [-0.1, -0.05) is 25.5 Å². The van der Waals surface area contributed by atoms with E-state index in [4.69, 9.17) is 0 Å². The van der Waals surface area contributed by atoms with Crippen LogP contribution in [0.5, 0.6) is 5.75 Å². The summed E-state index contributed by atoms with van der Waals surface area (Å²) in [6, 6.07) is 6.82. The number of benzene rings is 1. The van der Waals surface area contributed by atoms with Crippen molar-refractivity contribution in [3.63, 3.8) is 0 Å². The van der Waals surface area contributed by atoms with Gasteiger partial charge in [0.25, 0.3) is 0 Å². The molecule has 0 radical (unpaired) electrons. The van der Waals surface area contributed by atoms with Crippen LogP contribution in [0.25, 0.3) is 0 Å². The fourth-order valence-corrected chi connectivity index (χ4v) is 4.02. The smallest absolute Gasteiger partial charge is 0.119 e. The van der Waals surface area contributed by atoms with E-state index in [1.165, 1.54) is 56.3 Å². The summed E-state index contributed by atoms with van der Waals surface area (Å²) >= 11 is 0. The summed E-state index contributed by atoms with van der Waals surface area (Å²) in [6.45, 7) is 4.80. The van der Waals surface area contributed by atoms with Crippen LogP contribution in [-0.4, -0.2) is 29.1 Å². The van der Waals surface area contributed by atoms with Crippen LogP contribution < -0.4 is 0 Å². The molecule has 1 fully saturated rings. The molecule has 0 amide bonds. The Balaban J connectivity index is 1.85. The van der Waals surface area contributed by atoms with Crippen LogP contribution in [0.2, 0.25) is 0 Å². The van der Waals surface area contributed by atoms with Crippen LogP contribution in [0.15, 0.2) is 18.2 Å². The molecule has 3 rings (SSSR count). The minimum atomic E-state index is 0.515. The van der Waals surface area contributed by atoms with Gasteiger partial charge in [-0.3, -0.25) is 4.90 Å². The van der Waals surface area contributed by atoms with Crippen LogP contribution in [0, 0.1) is 0 Å². The van der Waals surface area contributed by atoms with Crippen LogP contribution in [-0.2, 0) is 6.42 Å². The molecule has 1 aromatic carbocycles. The molecule has 104 valence electrons. The third-order valence-corrected chi connectivity index (χ3v) is 4.97. The zero-order chi connectivity index (χ0) is 13.2. The summed E-state index contributed by atoms with van der Waals surface area (Å²) in [5.41, 5.74) is 2.65. The van der Waals surface area contributed by atoms with E-state index in [0.29, 0.717) is 11.7 Å². The second-order valence-electron chi connectivity index (χ2n) is 6.09. The monoisotopic (exact) mass is 259 g/mol. The first-order chi connectivity index (χ1) is 9.31. The summed E-state index contributed by atoms with van der Waals surface area (Å²) in [5, 5.41) is 10.0. The van der Waals surface area contributed by atoms with Crippen molar-refractivity contribution in [1.29, 1.82) is 0 Å². The maximum Gasteiger partial charge on any atom is 0.119 e. The molecule has 1 heterocycles. The summed E-state index contributed by atoms with van der Waals surface area (Å²) < 4.78 is 0. The zero-order valence-electron chi connectivity index (χ0n) is 11.9. The summed E-state index contributed by atoms with van der Waals surface area (Å²) in [7, 11) is 0. The van der Waals surface area contributed by atoms with Crippen molar-refractivity contribution in [3.8, 4) is 5.75 Å². The molecule has 2 atom stereocenters. The van der Waals surface area contributed by atoms with E-state index in [0.717, 1.165) is 12.5 Å². The molecule has 0 unspecified atom stereocenters. The highest BCUT2D eigenvalue weighted by atomic mass is 16.3. The molecule has 0 spiro atoms. The Labute approximate surface area is 116 Å². The molecular weight excluding hydrogens is 234 g/mol. The van der Waals surface area contributed by atoms with E-state index in [-0.39, 0.29) is 0 Å².